The Kier molecular flexibility index (Phi) is 3.34. The van der Waals surface area contributed by atoms with Crippen LogP contribution in [0.25, 0.3) is 0 Å². The topological polar surface area (TPSA) is 39.2 Å². The Morgan fingerprint density at radius 3 is 3.00 bits per heavy atom. The van der Waals surface area contributed by atoms with Crippen LogP contribution >= 0.6 is 15.9 Å². The molecule has 0 fully saturated rings. The summed E-state index contributed by atoms with van der Waals surface area (Å²) in [6.07, 6.45) is 3.58. The zero-order valence-electron chi connectivity index (χ0n) is 10.2. The lowest BCUT2D eigenvalue weighted by Crippen LogP contribution is -2.14. The molecular formula is C15H12BrNO2. The fourth-order valence-electron chi connectivity index (χ4n) is 2.25. The van der Waals surface area contributed by atoms with E-state index in [9.17, 15) is 4.79 Å². The summed E-state index contributed by atoms with van der Waals surface area (Å²) in [5.74, 6) is 0.613. The lowest BCUT2D eigenvalue weighted by Gasteiger charge is -2.19. The molecule has 3 nitrogen and oxygen atoms in total. The van der Waals surface area contributed by atoms with E-state index in [1.807, 2.05) is 18.2 Å². The first-order valence-electron chi connectivity index (χ1n) is 6.17. The minimum atomic E-state index is -0.105. The molecule has 1 aromatic heterocycles. The molecule has 0 aliphatic carbocycles. The highest BCUT2D eigenvalue weighted by atomic mass is 79.9. The first-order chi connectivity index (χ1) is 9.27. The summed E-state index contributed by atoms with van der Waals surface area (Å²) in [6.45, 7) is 0.667. The number of benzene rings is 1. The highest BCUT2D eigenvalue weighted by molar-refractivity contribution is 9.10. The number of pyridine rings is 1. The van der Waals surface area contributed by atoms with Crippen LogP contribution in [-0.4, -0.2) is 17.4 Å². The van der Waals surface area contributed by atoms with Crippen LogP contribution in [0.3, 0.4) is 0 Å². The van der Waals surface area contributed by atoms with Crippen molar-refractivity contribution in [3.63, 3.8) is 0 Å². The molecule has 0 saturated carbocycles. The average Bonchev–Trinajstić information content (AvgIpc) is 2.46. The molecule has 0 spiro atoms. The Hall–Kier alpha value is -1.68. The van der Waals surface area contributed by atoms with Gasteiger partial charge in [0.15, 0.2) is 0 Å². The maximum Gasteiger partial charge on any atom is 0.216 e. The van der Waals surface area contributed by atoms with Crippen molar-refractivity contribution in [3.8, 4) is 5.75 Å². The SMILES string of the molecule is O=C(c1cccc2c1OCCC2)c1ncccc1Br. The van der Waals surface area contributed by atoms with Crippen molar-refractivity contribution in [3.05, 3.63) is 57.8 Å². The monoisotopic (exact) mass is 317 g/mol. The van der Waals surface area contributed by atoms with Gasteiger partial charge in [0.25, 0.3) is 0 Å². The summed E-state index contributed by atoms with van der Waals surface area (Å²) >= 11 is 3.37. The molecule has 19 heavy (non-hydrogen) atoms. The maximum atomic E-state index is 12.6. The number of nitrogens with zero attached hydrogens (tertiary/aromatic N) is 1. The molecule has 0 radical (unpaired) electrons. The van der Waals surface area contributed by atoms with Gasteiger partial charge in [0, 0.05) is 10.7 Å². The van der Waals surface area contributed by atoms with Gasteiger partial charge in [-0.2, -0.15) is 0 Å². The van der Waals surface area contributed by atoms with Gasteiger partial charge in [-0.25, -0.2) is 0 Å². The third-order valence-electron chi connectivity index (χ3n) is 3.15. The summed E-state index contributed by atoms with van der Waals surface area (Å²) < 4.78 is 6.38. The van der Waals surface area contributed by atoms with Gasteiger partial charge >= 0.3 is 0 Å². The number of carbonyl (C=O) groups excluding carboxylic acids is 1. The summed E-state index contributed by atoms with van der Waals surface area (Å²) in [6, 6.07) is 9.32. The fraction of sp³-hybridized carbons (Fsp3) is 0.200. The number of hydrogen-bond donors (Lipinski definition) is 0. The predicted octanol–water partition coefficient (Wildman–Crippen LogP) is 3.40. The first kappa shape index (κ1) is 12.4. The van der Waals surface area contributed by atoms with E-state index in [0.717, 1.165) is 24.2 Å². The van der Waals surface area contributed by atoms with Crippen LogP contribution < -0.4 is 4.74 Å². The van der Waals surface area contributed by atoms with Crippen molar-refractivity contribution in [2.24, 2.45) is 0 Å². The lowest BCUT2D eigenvalue weighted by atomic mass is 9.99. The zero-order chi connectivity index (χ0) is 13.2. The summed E-state index contributed by atoms with van der Waals surface area (Å²) in [5, 5.41) is 0. The van der Waals surface area contributed by atoms with Crippen molar-refractivity contribution >= 4 is 21.7 Å². The van der Waals surface area contributed by atoms with Crippen LogP contribution in [0.4, 0.5) is 0 Å². The molecule has 0 saturated heterocycles. The molecule has 3 rings (SSSR count). The molecule has 0 unspecified atom stereocenters. The van der Waals surface area contributed by atoms with Gasteiger partial charge in [-0.15, -0.1) is 0 Å². The molecule has 0 atom stereocenters. The number of carbonyl (C=O) groups is 1. The number of halogens is 1. The van der Waals surface area contributed by atoms with Gasteiger partial charge in [0.1, 0.15) is 11.4 Å². The highest BCUT2D eigenvalue weighted by Gasteiger charge is 2.22. The largest absolute Gasteiger partial charge is 0.493 e. The van der Waals surface area contributed by atoms with Gasteiger partial charge in [-0.3, -0.25) is 9.78 Å². The van der Waals surface area contributed by atoms with Crippen molar-refractivity contribution in [2.45, 2.75) is 12.8 Å². The number of hydrogen-bond acceptors (Lipinski definition) is 3. The van der Waals surface area contributed by atoms with Gasteiger partial charge in [-0.1, -0.05) is 12.1 Å². The molecule has 4 heteroatoms. The van der Waals surface area contributed by atoms with Gasteiger partial charge in [0.2, 0.25) is 5.78 Å². The zero-order valence-corrected chi connectivity index (χ0v) is 11.8. The Labute approximate surface area is 119 Å². The number of aryl methyl sites for hydroxylation is 1. The van der Waals surface area contributed by atoms with Crippen LogP contribution in [-0.2, 0) is 6.42 Å². The number of rotatable bonds is 2. The summed E-state index contributed by atoms with van der Waals surface area (Å²) in [4.78, 5) is 16.7. The van der Waals surface area contributed by atoms with Crippen molar-refractivity contribution < 1.29 is 9.53 Å². The lowest BCUT2D eigenvalue weighted by molar-refractivity contribution is 0.102. The molecule has 2 aromatic rings. The molecule has 1 aromatic carbocycles. The molecule has 2 heterocycles. The Bertz CT molecular complexity index is 640. The minimum absolute atomic E-state index is 0.105. The van der Waals surface area contributed by atoms with Crippen molar-refractivity contribution in [1.29, 1.82) is 0 Å². The van der Waals surface area contributed by atoms with Gasteiger partial charge in [0.05, 0.1) is 12.2 Å². The standard InChI is InChI=1S/C15H12BrNO2/c16-12-7-2-8-17-13(12)14(18)11-6-1-4-10-5-3-9-19-15(10)11/h1-2,4,6-8H,3,5,9H2. The molecular weight excluding hydrogens is 306 g/mol. The van der Waals surface area contributed by atoms with E-state index in [1.54, 1.807) is 18.3 Å². The number of aromatic nitrogens is 1. The maximum absolute atomic E-state index is 12.6. The second kappa shape index (κ2) is 5.13. The number of para-hydroxylation sites is 1. The molecule has 0 N–H and O–H groups in total. The van der Waals surface area contributed by atoms with Gasteiger partial charge in [-0.05, 0) is 52.5 Å². The molecule has 1 aliphatic heterocycles. The van der Waals surface area contributed by atoms with E-state index in [4.69, 9.17) is 4.74 Å². The molecule has 0 amide bonds. The van der Waals surface area contributed by atoms with E-state index < -0.39 is 0 Å². The van der Waals surface area contributed by atoms with Crippen molar-refractivity contribution in [2.75, 3.05) is 6.61 Å². The van der Waals surface area contributed by atoms with Gasteiger partial charge < -0.3 is 4.74 Å². The van der Waals surface area contributed by atoms with E-state index >= 15 is 0 Å². The van der Waals surface area contributed by atoms with E-state index in [2.05, 4.69) is 20.9 Å². The predicted molar refractivity (Wildman–Crippen MR) is 75.6 cm³/mol. The number of ether oxygens (including phenoxy) is 1. The van der Waals surface area contributed by atoms with E-state index in [1.165, 1.54) is 0 Å². The van der Waals surface area contributed by atoms with Crippen LogP contribution in [0.15, 0.2) is 41.0 Å². The van der Waals surface area contributed by atoms with E-state index in [-0.39, 0.29) is 5.78 Å². The van der Waals surface area contributed by atoms with Crippen molar-refractivity contribution in [1.82, 2.24) is 4.98 Å². The number of fused-ring (bicyclic) bond motifs is 1. The second-order valence-electron chi connectivity index (χ2n) is 4.41. The minimum Gasteiger partial charge on any atom is -0.493 e. The molecule has 0 bridgehead atoms. The smallest absolute Gasteiger partial charge is 0.216 e. The third kappa shape index (κ3) is 2.28. The quantitative estimate of drug-likeness (QED) is 0.797. The fourth-order valence-corrected chi connectivity index (χ4v) is 2.68. The molecule has 96 valence electrons. The normalized spacial score (nSPS) is 13.5. The first-order valence-corrected chi connectivity index (χ1v) is 6.96. The average molecular weight is 318 g/mol. The number of ketones is 1. The molecule has 1 aliphatic rings. The Balaban J connectivity index is 2.08. The Morgan fingerprint density at radius 1 is 1.26 bits per heavy atom. The van der Waals surface area contributed by atoms with Crippen LogP contribution in [0.1, 0.15) is 28.0 Å². The summed E-state index contributed by atoms with van der Waals surface area (Å²) in [7, 11) is 0. The Morgan fingerprint density at radius 2 is 2.16 bits per heavy atom. The van der Waals surface area contributed by atoms with E-state index in [0.29, 0.717) is 22.3 Å². The highest BCUT2D eigenvalue weighted by Crippen LogP contribution is 2.31. The van der Waals surface area contributed by atoms with Crippen LogP contribution in [0.5, 0.6) is 5.75 Å². The van der Waals surface area contributed by atoms with Crippen LogP contribution in [0.2, 0.25) is 0 Å². The third-order valence-corrected chi connectivity index (χ3v) is 3.79. The summed E-state index contributed by atoms with van der Waals surface area (Å²) in [5.41, 5.74) is 2.12. The van der Waals surface area contributed by atoms with Crippen LogP contribution in [0, 0.1) is 0 Å². The second-order valence-corrected chi connectivity index (χ2v) is 5.26.